The Bertz CT molecular complexity index is 698. The number of carbonyl (C=O) groups excluding carboxylic acids is 1. The number of aryl methyl sites for hydroxylation is 1. The summed E-state index contributed by atoms with van der Waals surface area (Å²) < 4.78 is 5.40. The fourth-order valence-electron chi connectivity index (χ4n) is 2.05. The third-order valence-electron chi connectivity index (χ3n) is 3.29. The van der Waals surface area contributed by atoms with Crippen LogP contribution in [0.5, 0.6) is 17.2 Å². The van der Waals surface area contributed by atoms with Crippen molar-refractivity contribution < 1.29 is 29.5 Å². The first kappa shape index (κ1) is 17.8. The molecule has 0 radical (unpaired) electrons. The van der Waals surface area contributed by atoms with Crippen LogP contribution in [0.25, 0.3) is 0 Å². The van der Waals surface area contributed by atoms with Gasteiger partial charge in [-0.1, -0.05) is 24.3 Å². The van der Waals surface area contributed by atoms with Crippen molar-refractivity contribution in [3.05, 3.63) is 53.6 Å². The highest BCUT2D eigenvalue weighted by molar-refractivity contribution is 5.99. The van der Waals surface area contributed by atoms with Crippen LogP contribution in [-0.4, -0.2) is 35.3 Å². The number of para-hydroxylation sites is 1. The molecule has 2 aromatic carbocycles. The lowest BCUT2D eigenvalue weighted by atomic mass is 10.1. The number of aromatic hydroxyl groups is 1. The van der Waals surface area contributed by atoms with Crippen molar-refractivity contribution in [2.75, 3.05) is 13.2 Å². The van der Waals surface area contributed by atoms with Gasteiger partial charge in [0.2, 0.25) is 0 Å². The largest absolute Gasteiger partial charge is 0.507 e. The molecular weight excluding hydrogens is 312 g/mol. The number of phenols is 1. The molecule has 1 atom stereocenters. The Kier molecular flexibility index (Phi) is 6.17. The molecule has 2 rings (SSSR count). The average Bonchev–Trinajstić information content (AvgIpc) is 2.54. The second-order valence-electron chi connectivity index (χ2n) is 5.30. The first-order valence-corrected chi connectivity index (χ1v) is 7.48. The van der Waals surface area contributed by atoms with Crippen molar-refractivity contribution in [1.82, 2.24) is 0 Å². The van der Waals surface area contributed by atoms with E-state index in [2.05, 4.69) is 0 Å². The molecular formula is C18H20O6. The number of benzene rings is 2. The second kappa shape index (κ2) is 8.33. The lowest BCUT2D eigenvalue weighted by Crippen LogP contribution is -2.24. The molecule has 1 unspecified atom stereocenters. The molecule has 0 fully saturated rings. The summed E-state index contributed by atoms with van der Waals surface area (Å²) in [6.45, 7) is 2.99. The fraction of sp³-hybridized carbons (Fsp3) is 0.278. The summed E-state index contributed by atoms with van der Waals surface area (Å²) >= 11 is 0. The number of Topliss-reactive ketones (excluding diaryl/α,β-unsaturated/α-hetero) is 1. The third-order valence-corrected chi connectivity index (χ3v) is 3.29. The van der Waals surface area contributed by atoms with Crippen molar-refractivity contribution >= 4 is 5.78 Å². The van der Waals surface area contributed by atoms with Gasteiger partial charge in [-0.25, -0.2) is 0 Å². The molecule has 0 saturated heterocycles. The van der Waals surface area contributed by atoms with Crippen LogP contribution < -0.4 is 9.62 Å². The summed E-state index contributed by atoms with van der Waals surface area (Å²) in [5.41, 5.74) is 0.996. The molecule has 0 aliphatic heterocycles. The molecule has 0 heterocycles. The van der Waals surface area contributed by atoms with E-state index in [1.54, 1.807) is 18.2 Å². The number of hydrogen-bond donors (Lipinski definition) is 2. The molecule has 0 aliphatic carbocycles. The van der Waals surface area contributed by atoms with Crippen LogP contribution in [-0.2, 0) is 4.89 Å². The van der Waals surface area contributed by atoms with Crippen LogP contribution in [0.4, 0.5) is 0 Å². The summed E-state index contributed by atoms with van der Waals surface area (Å²) in [5, 5.41) is 19.6. The Labute approximate surface area is 140 Å². The SMILES string of the molecule is CC(=O)c1c(O)cccc1OCC(O)COOc1ccccc1C. The minimum Gasteiger partial charge on any atom is -0.507 e. The molecule has 0 saturated carbocycles. The van der Waals surface area contributed by atoms with Gasteiger partial charge in [0, 0.05) is 0 Å². The van der Waals surface area contributed by atoms with E-state index in [9.17, 15) is 15.0 Å². The average molecular weight is 332 g/mol. The molecule has 2 N–H and O–H groups in total. The van der Waals surface area contributed by atoms with Gasteiger partial charge < -0.3 is 19.8 Å². The van der Waals surface area contributed by atoms with Gasteiger partial charge in [-0.3, -0.25) is 4.79 Å². The molecule has 128 valence electrons. The maximum absolute atomic E-state index is 11.5. The van der Waals surface area contributed by atoms with Gasteiger partial charge in [-0.2, -0.15) is 4.89 Å². The van der Waals surface area contributed by atoms with Crippen LogP contribution >= 0.6 is 0 Å². The van der Waals surface area contributed by atoms with Crippen molar-refractivity contribution in [2.24, 2.45) is 0 Å². The molecule has 24 heavy (non-hydrogen) atoms. The zero-order valence-electron chi connectivity index (χ0n) is 13.6. The highest BCUT2D eigenvalue weighted by Gasteiger charge is 2.15. The lowest BCUT2D eigenvalue weighted by Gasteiger charge is -2.15. The maximum atomic E-state index is 11.5. The van der Waals surface area contributed by atoms with Crippen molar-refractivity contribution in [3.8, 4) is 17.2 Å². The fourth-order valence-corrected chi connectivity index (χ4v) is 2.05. The number of ether oxygens (including phenoxy) is 1. The van der Waals surface area contributed by atoms with E-state index in [0.29, 0.717) is 5.75 Å². The van der Waals surface area contributed by atoms with Gasteiger partial charge in [0.1, 0.15) is 36.4 Å². The number of aliphatic hydroxyl groups is 1. The molecule has 0 aliphatic rings. The number of rotatable bonds is 8. The third kappa shape index (κ3) is 4.71. The normalized spacial score (nSPS) is 11.8. The Morgan fingerprint density at radius 1 is 1.08 bits per heavy atom. The summed E-state index contributed by atoms with van der Waals surface area (Å²) in [6.07, 6.45) is -0.962. The number of hydrogen-bond acceptors (Lipinski definition) is 6. The first-order valence-electron chi connectivity index (χ1n) is 7.48. The van der Waals surface area contributed by atoms with Crippen LogP contribution in [0, 0.1) is 6.92 Å². The van der Waals surface area contributed by atoms with E-state index < -0.39 is 6.10 Å². The van der Waals surface area contributed by atoms with Crippen LogP contribution in [0.3, 0.4) is 0 Å². The zero-order valence-corrected chi connectivity index (χ0v) is 13.6. The molecule has 6 heteroatoms. The van der Waals surface area contributed by atoms with Crippen molar-refractivity contribution in [3.63, 3.8) is 0 Å². The van der Waals surface area contributed by atoms with Crippen LogP contribution in [0.1, 0.15) is 22.8 Å². The standard InChI is InChI=1S/C18H20O6/c1-12-6-3-4-8-16(12)24-23-11-14(20)10-22-17-9-5-7-15(21)18(17)13(2)19/h3-9,14,20-21H,10-11H2,1-2H3. The number of phenolic OH excluding ortho intramolecular Hbond substituents is 1. The molecule has 0 spiro atoms. The van der Waals surface area contributed by atoms with Gasteiger partial charge in [0.05, 0.1) is 0 Å². The Morgan fingerprint density at radius 3 is 2.50 bits per heavy atom. The van der Waals surface area contributed by atoms with E-state index in [1.807, 2.05) is 25.1 Å². The van der Waals surface area contributed by atoms with E-state index >= 15 is 0 Å². The first-order chi connectivity index (χ1) is 11.5. The van der Waals surface area contributed by atoms with Gasteiger partial charge in [0.25, 0.3) is 0 Å². The zero-order chi connectivity index (χ0) is 17.5. The topological polar surface area (TPSA) is 85.2 Å². The smallest absolute Gasteiger partial charge is 0.168 e. The quantitative estimate of drug-likeness (QED) is 0.439. The van der Waals surface area contributed by atoms with E-state index in [1.165, 1.54) is 13.0 Å². The van der Waals surface area contributed by atoms with Crippen LogP contribution in [0.2, 0.25) is 0 Å². The maximum Gasteiger partial charge on any atom is 0.168 e. The Morgan fingerprint density at radius 2 is 1.79 bits per heavy atom. The molecule has 0 aromatic heterocycles. The number of carbonyl (C=O) groups is 1. The minimum absolute atomic E-state index is 0.0850. The van der Waals surface area contributed by atoms with Gasteiger partial charge >= 0.3 is 0 Å². The van der Waals surface area contributed by atoms with Crippen LogP contribution in [0.15, 0.2) is 42.5 Å². The summed E-state index contributed by atoms with van der Waals surface area (Å²) in [7, 11) is 0. The van der Waals surface area contributed by atoms with Gasteiger partial charge in [-0.05, 0) is 37.6 Å². The van der Waals surface area contributed by atoms with Crippen molar-refractivity contribution in [1.29, 1.82) is 0 Å². The highest BCUT2D eigenvalue weighted by atomic mass is 17.2. The lowest BCUT2D eigenvalue weighted by molar-refractivity contribution is -0.225. The van der Waals surface area contributed by atoms with Gasteiger partial charge in [0.15, 0.2) is 11.5 Å². The van der Waals surface area contributed by atoms with E-state index in [4.69, 9.17) is 14.5 Å². The minimum atomic E-state index is -0.962. The van der Waals surface area contributed by atoms with E-state index in [-0.39, 0.29) is 36.1 Å². The van der Waals surface area contributed by atoms with Gasteiger partial charge in [-0.15, -0.1) is 0 Å². The summed E-state index contributed by atoms with van der Waals surface area (Å²) in [5.74, 6) is 0.296. The molecule has 2 aromatic rings. The number of aliphatic hydroxyl groups excluding tert-OH is 1. The predicted octanol–water partition coefficient (Wildman–Crippen LogP) is 2.65. The monoisotopic (exact) mass is 332 g/mol. The molecule has 0 bridgehead atoms. The molecule has 6 nitrogen and oxygen atoms in total. The molecule has 0 amide bonds. The van der Waals surface area contributed by atoms with Crippen molar-refractivity contribution in [2.45, 2.75) is 20.0 Å². The Hall–Kier alpha value is -2.57. The number of ketones is 1. The predicted molar refractivity (Wildman–Crippen MR) is 87.4 cm³/mol. The summed E-state index contributed by atoms with van der Waals surface area (Å²) in [4.78, 5) is 21.7. The second-order valence-corrected chi connectivity index (χ2v) is 5.30. The van der Waals surface area contributed by atoms with E-state index in [0.717, 1.165) is 5.56 Å². The summed E-state index contributed by atoms with van der Waals surface area (Å²) in [6, 6.07) is 11.8. The Balaban J connectivity index is 1.84. The highest BCUT2D eigenvalue weighted by Crippen LogP contribution is 2.28.